The number of nitrogens with zero attached hydrogens (tertiary/aromatic N) is 2. The summed E-state index contributed by atoms with van der Waals surface area (Å²) in [6.45, 7) is 8.97. The van der Waals surface area contributed by atoms with Crippen molar-refractivity contribution in [1.82, 2.24) is 10.2 Å². The topological polar surface area (TPSA) is 97.3 Å². The molecule has 25 heavy (non-hydrogen) atoms. The number of nitrogens with one attached hydrogen (secondary N) is 1. The van der Waals surface area contributed by atoms with Gasteiger partial charge in [-0.3, -0.25) is 9.69 Å². The van der Waals surface area contributed by atoms with Crippen molar-refractivity contribution in [3.05, 3.63) is 0 Å². The molecule has 0 aromatic carbocycles. The van der Waals surface area contributed by atoms with E-state index in [4.69, 9.17) is 9.47 Å². The maximum absolute atomic E-state index is 12.2. The first-order valence-electron chi connectivity index (χ1n) is 8.08. The van der Waals surface area contributed by atoms with Gasteiger partial charge in [0, 0.05) is 7.05 Å². The van der Waals surface area contributed by atoms with Gasteiger partial charge < -0.3 is 14.8 Å². The molecular weight excluding hydrogens is 346 g/mol. The molecule has 0 fully saturated rings. The van der Waals surface area contributed by atoms with Crippen molar-refractivity contribution in [2.75, 3.05) is 19.9 Å². The van der Waals surface area contributed by atoms with E-state index in [1.54, 1.807) is 27.0 Å². The second kappa shape index (κ2) is 11.0. The third-order valence-electron chi connectivity index (χ3n) is 2.78. The van der Waals surface area contributed by atoms with Crippen LogP contribution >= 0.6 is 11.8 Å². The summed E-state index contributed by atoms with van der Waals surface area (Å²) in [4.78, 5) is 40.8. The van der Waals surface area contributed by atoms with Gasteiger partial charge in [0.15, 0.2) is 5.17 Å². The summed E-state index contributed by atoms with van der Waals surface area (Å²) in [6, 6.07) is -0.887. The maximum atomic E-state index is 12.2. The lowest BCUT2D eigenvalue weighted by Gasteiger charge is -2.21. The van der Waals surface area contributed by atoms with E-state index in [0.29, 0.717) is 6.61 Å². The van der Waals surface area contributed by atoms with Crippen LogP contribution in [0.4, 0.5) is 9.59 Å². The molecule has 0 heterocycles. The Morgan fingerprint density at radius 1 is 1.28 bits per heavy atom. The SMILES string of the molecule is CCCCOC(=O)N(C)C(=NC(=O)C(C)NC(=O)OC(C)(C)C)SC. The second-order valence-electron chi connectivity index (χ2n) is 6.33. The van der Waals surface area contributed by atoms with Crippen LogP contribution in [0.1, 0.15) is 47.5 Å². The first-order chi connectivity index (χ1) is 11.5. The monoisotopic (exact) mass is 375 g/mol. The van der Waals surface area contributed by atoms with E-state index in [2.05, 4.69) is 10.3 Å². The lowest BCUT2D eigenvalue weighted by atomic mass is 10.2. The molecule has 0 rings (SSSR count). The number of amides is 3. The largest absolute Gasteiger partial charge is 0.449 e. The minimum atomic E-state index is -0.887. The third-order valence-corrected chi connectivity index (χ3v) is 3.51. The average molecular weight is 375 g/mol. The lowest BCUT2D eigenvalue weighted by Crippen LogP contribution is -2.42. The Bertz CT molecular complexity index is 502. The highest BCUT2D eigenvalue weighted by molar-refractivity contribution is 8.13. The van der Waals surface area contributed by atoms with E-state index >= 15 is 0 Å². The zero-order valence-corrected chi connectivity index (χ0v) is 16.9. The van der Waals surface area contributed by atoms with Crippen molar-refractivity contribution in [3.63, 3.8) is 0 Å². The maximum Gasteiger partial charge on any atom is 0.415 e. The number of hydrogen-bond acceptors (Lipinski definition) is 6. The van der Waals surface area contributed by atoms with Crippen molar-refractivity contribution in [1.29, 1.82) is 0 Å². The molecule has 8 nitrogen and oxygen atoms in total. The van der Waals surface area contributed by atoms with E-state index in [0.717, 1.165) is 24.6 Å². The lowest BCUT2D eigenvalue weighted by molar-refractivity contribution is -0.119. The van der Waals surface area contributed by atoms with Gasteiger partial charge in [-0.25, -0.2) is 9.59 Å². The van der Waals surface area contributed by atoms with Crippen LogP contribution in [0.15, 0.2) is 4.99 Å². The molecule has 1 unspecified atom stereocenters. The summed E-state index contributed by atoms with van der Waals surface area (Å²) < 4.78 is 10.2. The summed E-state index contributed by atoms with van der Waals surface area (Å²) >= 11 is 1.13. The van der Waals surface area contributed by atoms with Crippen molar-refractivity contribution in [2.24, 2.45) is 4.99 Å². The van der Waals surface area contributed by atoms with Gasteiger partial charge in [-0.05, 0) is 40.4 Å². The van der Waals surface area contributed by atoms with Crippen LogP contribution in [-0.4, -0.2) is 59.7 Å². The van der Waals surface area contributed by atoms with Gasteiger partial charge in [-0.2, -0.15) is 4.99 Å². The Hall–Kier alpha value is -1.77. The Balaban J connectivity index is 4.80. The molecule has 1 N–H and O–H groups in total. The number of hydrogen-bond donors (Lipinski definition) is 1. The number of thioether (sulfide) groups is 1. The molecule has 0 aromatic heterocycles. The molecule has 1 atom stereocenters. The molecule has 0 aliphatic carbocycles. The number of rotatable bonds is 5. The van der Waals surface area contributed by atoms with Gasteiger partial charge in [0.2, 0.25) is 0 Å². The first-order valence-corrected chi connectivity index (χ1v) is 9.30. The standard InChI is InChI=1S/C16H29N3O5S/c1-8-9-10-23-15(22)19(6)13(25-7)18-12(20)11(2)17-14(21)24-16(3,4)5/h11H,8-10H2,1-7H3,(H,17,21). The predicted molar refractivity (Wildman–Crippen MR) is 98.8 cm³/mol. The molecule has 0 saturated carbocycles. The minimum Gasteiger partial charge on any atom is -0.449 e. The summed E-state index contributed by atoms with van der Waals surface area (Å²) in [5.74, 6) is -0.594. The molecule has 0 bridgehead atoms. The molecule has 3 amide bonds. The van der Waals surface area contributed by atoms with Gasteiger partial charge in [0.25, 0.3) is 5.91 Å². The third kappa shape index (κ3) is 9.96. The molecule has 0 aliphatic heterocycles. The molecule has 0 spiro atoms. The van der Waals surface area contributed by atoms with Crippen LogP contribution in [0.3, 0.4) is 0 Å². The summed E-state index contributed by atoms with van der Waals surface area (Å²) in [6.07, 6.45) is 2.07. The van der Waals surface area contributed by atoms with E-state index in [9.17, 15) is 14.4 Å². The fraction of sp³-hybridized carbons (Fsp3) is 0.750. The molecule has 0 aromatic rings. The van der Waals surface area contributed by atoms with E-state index in [1.165, 1.54) is 18.9 Å². The van der Waals surface area contributed by atoms with E-state index in [1.807, 2.05) is 6.92 Å². The van der Waals surface area contributed by atoms with E-state index in [-0.39, 0.29) is 5.17 Å². The van der Waals surface area contributed by atoms with Crippen LogP contribution in [0.25, 0.3) is 0 Å². The Morgan fingerprint density at radius 2 is 1.88 bits per heavy atom. The Morgan fingerprint density at radius 3 is 2.36 bits per heavy atom. The van der Waals surface area contributed by atoms with Crippen molar-refractivity contribution < 1.29 is 23.9 Å². The number of carbonyl (C=O) groups excluding carboxylic acids is 3. The van der Waals surface area contributed by atoms with Crippen LogP contribution in [0.5, 0.6) is 0 Å². The zero-order chi connectivity index (χ0) is 19.6. The smallest absolute Gasteiger partial charge is 0.415 e. The molecule has 0 radical (unpaired) electrons. The summed E-state index contributed by atoms with van der Waals surface area (Å²) in [5, 5.41) is 2.60. The van der Waals surface area contributed by atoms with Gasteiger partial charge in [-0.15, -0.1) is 0 Å². The average Bonchev–Trinajstić information content (AvgIpc) is 2.49. The first kappa shape index (κ1) is 23.2. The summed E-state index contributed by atoms with van der Waals surface area (Å²) in [7, 11) is 1.48. The number of aliphatic imine (C=N–C) groups is 1. The number of amidine groups is 1. The van der Waals surface area contributed by atoms with Crippen molar-refractivity contribution in [3.8, 4) is 0 Å². The highest BCUT2D eigenvalue weighted by Crippen LogP contribution is 2.09. The van der Waals surface area contributed by atoms with Gasteiger partial charge >= 0.3 is 12.2 Å². The highest BCUT2D eigenvalue weighted by Gasteiger charge is 2.23. The molecule has 0 saturated heterocycles. The number of alkyl carbamates (subject to hydrolysis) is 1. The Kier molecular flexibility index (Phi) is 10.2. The van der Waals surface area contributed by atoms with Gasteiger partial charge in [0.1, 0.15) is 11.6 Å². The number of unbranched alkanes of at least 4 members (excludes halogenated alkanes) is 1. The van der Waals surface area contributed by atoms with Gasteiger partial charge in [0.05, 0.1) is 6.61 Å². The quantitative estimate of drug-likeness (QED) is 0.451. The van der Waals surface area contributed by atoms with Crippen LogP contribution < -0.4 is 5.32 Å². The molecule has 144 valence electrons. The normalized spacial score (nSPS) is 13.0. The molecular formula is C16H29N3O5S. The number of carbonyl (C=O) groups is 3. The van der Waals surface area contributed by atoms with Crippen molar-refractivity contribution >= 4 is 35.0 Å². The van der Waals surface area contributed by atoms with E-state index < -0.39 is 29.7 Å². The Labute approximate surface area is 153 Å². The predicted octanol–water partition coefficient (Wildman–Crippen LogP) is 3.01. The van der Waals surface area contributed by atoms with Crippen LogP contribution in [0, 0.1) is 0 Å². The zero-order valence-electron chi connectivity index (χ0n) is 16.0. The fourth-order valence-corrected chi connectivity index (χ4v) is 2.00. The molecule has 9 heteroatoms. The molecule has 0 aliphatic rings. The van der Waals surface area contributed by atoms with Crippen molar-refractivity contribution in [2.45, 2.75) is 59.1 Å². The van der Waals surface area contributed by atoms with Gasteiger partial charge in [-0.1, -0.05) is 25.1 Å². The number of ether oxygens (including phenoxy) is 2. The highest BCUT2D eigenvalue weighted by atomic mass is 32.2. The second-order valence-corrected chi connectivity index (χ2v) is 7.10. The van der Waals surface area contributed by atoms with Crippen LogP contribution in [-0.2, 0) is 14.3 Å². The summed E-state index contributed by atoms with van der Waals surface area (Å²) in [5.41, 5.74) is -0.664. The fourth-order valence-electron chi connectivity index (χ4n) is 1.47. The van der Waals surface area contributed by atoms with Crippen LogP contribution in [0.2, 0.25) is 0 Å². The minimum absolute atomic E-state index is 0.185.